The molecule has 4 saturated carbocycles. The van der Waals surface area contributed by atoms with Gasteiger partial charge in [-0.3, -0.25) is 4.79 Å². The zero-order chi connectivity index (χ0) is 23.9. The third kappa shape index (κ3) is 3.76. The Morgan fingerprint density at radius 2 is 1.42 bits per heavy atom. The van der Waals surface area contributed by atoms with E-state index in [0.717, 1.165) is 19.3 Å². The molecule has 1 aromatic heterocycles. The number of carbonyl (C=O) groups excluding carboxylic acids is 1. The molecule has 1 aromatic carbocycles. The average molecular weight is 472 g/mol. The second-order valence-electron chi connectivity index (χ2n) is 12.1. The lowest BCUT2D eigenvalue weighted by molar-refractivity contribution is -0.188. The molecule has 1 heterocycles. The highest BCUT2D eigenvalue weighted by Crippen LogP contribution is 2.73. The number of sulfonamides is 1. The zero-order valence-electron chi connectivity index (χ0n) is 20.0. The van der Waals surface area contributed by atoms with Crippen LogP contribution in [0.4, 0.5) is 11.6 Å². The van der Waals surface area contributed by atoms with Crippen LogP contribution in [0.25, 0.3) is 0 Å². The second kappa shape index (κ2) is 6.84. The molecule has 0 radical (unpaired) electrons. The molecule has 4 aliphatic carbocycles. The van der Waals surface area contributed by atoms with Gasteiger partial charge in [0.1, 0.15) is 0 Å². The Morgan fingerprint density at radius 3 is 1.88 bits per heavy atom. The SMILES string of the molecule is Cc1noc(NS(=O)(=O)c2ccc(NC(=O)C34CC5(C)CC(C)(CC(C)(C5)C3)C4)cc2)c1C. The third-order valence-corrected chi connectivity index (χ3v) is 9.49. The molecule has 2 N–H and O–H groups in total. The lowest BCUT2D eigenvalue weighted by atomic mass is 9.36. The Balaban J connectivity index is 1.34. The van der Waals surface area contributed by atoms with Crippen molar-refractivity contribution in [2.45, 2.75) is 78.0 Å². The molecule has 7 nitrogen and oxygen atoms in total. The van der Waals surface area contributed by atoms with E-state index in [4.69, 9.17) is 4.52 Å². The van der Waals surface area contributed by atoms with Crippen molar-refractivity contribution in [1.29, 1.82) is 0 Å². The number of carbonyl (C=O) groups is 1. The van der Waals surface area contributed by atoms with Gasteiger partial charge in [-0.15, -0.1) is 0 Å². The summed E-state index contributed by atoms with van der Waals surface area (Å²) in [5.41, 5.74) is 2.20. The molecule has 0 saturated heterocycles. The summed E-state index contributed by atoms with van der Waals surface area (Å²) < 4.78 is 33.0. The fourth-order valence-corrected chi connectivity index (χ4v) is 9.25. The maximum atomic E-state index is 13.6. The largest absolute Gasteiger partial charge is 0.337 e. The lowest BCUT2D eigenvalue weighted by Crippen LogP contribution is -2.62. The topological polar surface area (TPSA) is 101 Å². The normalized spacial score (nSPS) is 34.9. The van der Waals surface area contributed by atoms with Gasteiger partial charge in [-0.2, -0.15) is 0 Å². The molecule has 33 heavy (non-hydrogen) atoms. The Kier molecular flexibility index (Phi) is 4.65. The number of amides is 1. The van der Waals surface area contributed by atoms with E-state index in [1.54, 1.807) is 26.0 Å². The van der Waals surface area contributed by atoms with E-state index < -0.39 is 10.0 Å². The summed E-state index contributed by atoms with van der Waals surface area (Å²) in [4.78, 5) is 13.7. The molecule has 6 rings (SSSR count). The average Bonchev–Trinajstić information content (AvgIpc) is 2.96. The fraction of sp³-hybridized carbons (Fsp3) is 0.600. The molecule has 0 unspecified atom stereocenters. The summed E-state index contributed by atoms with van der Waals surface area (Å²) in [5.74, 6) is 0.189. The smallest absolute Gasteiger partial charge is 0.264 e. The Bertz CT molecular complexity index is 1180. The van der Waals surface area contributed by atoms with Crippen LogP contribution in [-0.2, 0) is 14.8 Å². The van der Waals surface area contributed by atoms with Crippen molar-refractivity contribution in [2.75, 3.05) is 10.0 Å². The van der Waals surface area contributed by atoms with Crippen molar-refractivity contribution in [3.8, 4) is 0 Å². The number of nitrogens with one attached hydrogen (secondary N) is 2. The van der Waals surface area contributed by atoms with Gasteiger partial charge in [0.2, 0.25) is 11.8 Å². The summed E-state index contributed by atoms with van der Waals surface area (Å²) in [6, 6.07) is 6.30. The van der Waals surface area contributed by atoms with Crippen LogP contribution in [0.15, 0.2) is 33.7 Å². The molecular weight excluding hydrogens is 438 g/mol. The Morgan fingerprint density at radius 1 is 0.909 bits per heavy atom. The van der Waals surface area contributed by atoms with Crippen LogP contribution in [-0.4, -0.2) is 19.5 Å². The third-order valence-electron chi connectivity index (χ3n) is 8.14. The summed E-state index contributed by atoms with van der Waals surface area (Å²) >= 11 is 0. The zero-order valence-corrected chi connectivity index (χ0v) is 20.9. The first-order valence-corrected chi connectivity index (χ1v) is 13.1. The highest BCUT2D eigenvalue weighted by Gasteiger charge is 2.66. The van der Waals surface area contributed by atoms with E-state index >= 15 is 0 Å². The number of aryl methyl sites for hydroxylation is 1. The Labute approximate surface area is 195 Å². The van der Waals surface area contributed by atoms with Crippen molar-refractivity contribution in [3.05, 3.63) is 35.5 Å². The van der Waals surface area contributed by atoms with E-state index in [1.165, 1.54) is 31.4 Å². The lowest BCUT2D eigenvalue weighted by Gasteiger charge is -2.68. The fourth-order valence-electron chi connectivity index (χ4n) is 8.21. The van der Waals surface area contributed by atoms with Crippen molar-refractivity contribution < 1.29 is 17.7 Å². The van der Waals surface area contributed by atoms with Gasteiger partial charge in [-0.25, -0.2) is 13.1 Å². The van der Waals surface area contributed by atoms with Crippen LogP contribution in [0.3, 0.4) is 0 Å². The summed E-state index contributed by atoms with van der Waals surface area (Å²) in [6.07, 6.45) is 6.41. The minimum atomic E-state index is -3.83. The molecule has 0 atom stereocenters. The molecule has 2 aromatic rings. The molecule has 4 fully saturated rings. The second-order valence-corrected chi connectivity index (χ2v) is 13.8. The molecule has 8 heteroatoms. The molecule has 178 valence electrons. The molecule has 4 bridgehead atoms. The molecule has 0 spiro atoms. The highest BCUT2D eigenvalue weighted by atomic mass is 32.2. The van der Waals surface area contributed by atoms with Crippen molar-refractivity contribution >= 4 is 27.5 Å². The summed E-state index contributed by atoms with van der Waals surface area (Å²) in [7, 11) is -3.83. The van der Waals surface area contributed by atoms with Crippen LogP contribution in [0.5, 0.6) is 0 Å². The number of rotatable bonds is 5. The quantitative estimate of drug-likeness (QED) is 0.606. The maximum Gasteiger partial charge on any atom is 0.264 e. The van der Waals surface area contributed by atoms with Crippen molar-refractivity contribution in [1.82, 2.24) is 5.16 Å². The van der Waals surface area contributed by atoms with Gasteiger partial charge in [-0.05, 0) is 92.9 Å². The number of hydrogen-bond donors (Lipinski definition) is 2. The minimum absolute atomic E-state index is 0.0757. The molecule has 4 aliphatic rings. The predicted molar refractivity (Wildman–Crippen MR) is 126 cm³/mol. The summed E-state index contributed by atoms with van der Waals surface area (Å²) in [6.45, 7) is 10.6. The first kappa shape index (κ1) is 22.4. The van der Waals surface area contributed by atoms with E-state index in [-0.39, 0.29) is 38.3 Å². The Hall–Kier alpha value is -2.35. The highest BCUT2D eigenvalue weighted by molar-refractivity contribution is 7.92. The predicted octanol–water partition coefficient (Wildman–Crippen LogP) is 5.42. The van der Waals surface area contributed by atoms with Gasteiger partial charge in [0.25, 0.3) is 10.0 Å². The first-order chi connectivity index (χ1) is 15.2. The monoisotopic (exact) mass is 471 g/mol. The van der Waals surface area contributed by atoms with Crippen molar-refractivity contribution in [2.24, 2.45) is 21.7 Å². The van der Waals surface area contributed by atoms with Gasteiger partial charge in [0.15, 0.2) is 0 Å². The number of hydrogen-bond acceptors (Lipinski definition) is 5. The molecule has 0 aliphatic heterocycles. The van der Waals surface area contributed by atoms with Gasteiger partial charge in [0, 0.05) is 11.3 Å². The number of benzene rings is 1. The number of anilines is 2. The van der Waals surface area contributed by atoms with E-state index in [9.17, 15) is 13.2 Å². The minimum Gasteiger partial charge on any atom is -0.337 e. The first-order valence-electron chi connectivity index (χ1n) is 11.6. The van der Waals surface area contributed by atoms with Crippen LogP contribution >= 0.6 is 0 Å². The van der Waals surface area contributed by atoms with Gasteiger partial charge in [0.05, 0.1) is 16.0 Å². The summed E-state index contributed by atoms with van der Waals surface area (Å²) in [5, 5.41) is 6.89. The van der Waals surface area contributed by atoms with E-state index in [1.807, 2.05) is 0 Å². The van der Waals surface area contributed by atoms with Crippen LogP contribution < -0.4 is 10.0 Å². The standard InChI is InChI=1S/C25H33N3O4S/c1-16-17(2)27-32-20(16)28-33(30,31)19-8-6-18(7-9-19)26-21(29)25-13-22(3)10-23(4,14-25)12-24(5,11-22)15-25/h6-9,28H,10-15H2,1-5H3,(H,26,29). The van der Waals surface area contributed by atoms with Crippen molar-refractivity contribution in [3.63, 3.8) is 0 Å². The van der Waals surface area contributed by atoms with Gasteiger partial charge >= 0.3 is 0 Å². The number of nitrogens with zero attached hydrogens (tertiary/aromatic N) is 1. The van der Waals surface area contributed by atoms with E-state index in [0.29, 0.717) is 16.9 Å². The van der Waals surface area contributed by atoms with Crippen LogP contribution in [0, 0.1) is 35.5 Å². The maximum absolute atomic E-state index is 13.6. The molecular formula is C25H33N3O4S. The van der Waals surface area contributed by atoms with Gasteiger partial charge in [-0.1, -0.05) is 25.9 Å². The van der Waals surface area contributed by atoms with Gasteiger partial charge < -0.3 is 9.84 Å². The van der Waals surface area contributed by atoms with Crippen LogP contribution in [0.2, 0.25) is 0 Å². The van der Waals surface area contributed by atoms with E-state index in [2.05, 4.69) is 36.0 Å². The number of aromatic nitrogens is 1. The molecule has 1 amide bonds. The van der Waals surface area contributed by atoms with Crippen LogP contribution in [0.1, 0.15) is 70.6 Å².